The molecule has 4 heteroatoms. The Morgan fingerprint density at radius 3 is 2.95 bits per heavy atom. The number of hydrogen-bond acceptors (Lipinski definition) is 3. The molecule has 0 atom stereocenters. The Morgan fingerprint density at radius 1 is 1.23 bits per heavy atom. The number of para-hydroxylation sites is 1. The topological polar surface area (TPSA) is 57.6 Å². The number of benzene rings is 2. The summed E-state index contributed by atoms with van der Waals surface area (Å²) in [5.41, 5.74) is 3.06. The molecule has 0 fully saturated rings. The van der Waals surface area contributed by atoms with Crippen LogP contribution in [0, 0.1) is 0 Å². The Kier molecular flexibility index (Phi) is 4.10. The first kappa shape index (κ1) is 14.2. The number of hydrogen-bond donors (Lipinski definition) is 2. The Hall–Kier alpha value is -2.75. The van der Waals surface area contributed by atoms with Crippen LogP contribution in [-0.2, 0) is 6.42 Å². The van der Waals surface area contributed by atoms with E-state index in [0.717, 1.165) is 11.9 Å². The smallest absolute Gasteiger partial charge is 0.124 e. The summed E-state index contributed by atoms with van der Waals surface area (Å²) < 4.78 is 5.15. The summed E-state index contributed by atoms with van der Waals surface area (Å²) in [6.07, 6.45) is 4.57. The van der Waals surface area contributed by atoms with Crippen molar-refractivity contribution in [2.45, 2.75) is 6.42 Å². The summed E-state index contributed by atoms with van der Waals surface area (Å²) in [7, 11) is 1.60. The van der Waals surface area contributed by atoms with Gasteiger partial charge in [-0.05, 0) is 36.2 Å². The number of phenolic OH excluding ortho intramolecular Hbond substituents is 1. The maximum absolute atomic E-state index is 9.80. The Labute approximate surface area is 129 Å². The molecule has 112 valence electrons. The molecule has 0 saturated heterocycles. The largest absolute Gasteiger partial charge is 0.507 e. The van der Waals surface area contributed by atoms with Crippen LogP contribution in [0.5, 0.6) is 11.5 Å². The number of phenols is 1. The molecule has 0 spiro atoms. The number of nitrogens with one attached hydrogen (secondary N) is 1. The second-order valence-electron chi connectivity index (χ2n) is 5.07. The molecule has 0 aliphatic carbocycles. The summed E-state index contributed by atoms with van der Waals surface area (Å²) >= 11 is 0. The zero-order chi connectivity index (χ0) is 15.4. The van der Waals surface area contributed by atoms with Crippen molar-refractivity contribution in [3.63, 3.8) is 0 Å². The third kappa shape index (κ3) is 2.96. The van der Waals surface area contributed by atoms with Crippen LogP contribution < -0.4 is 4.74 Å². The van der Waals surface area contributed by atoms with Gasteiger partial charge in [0.1, 0.15) is 11.5 Å². The van der Waals surface area contributed by atoms with E-state index < -0.39 is 0 Å². The molecule has 0 bridgehead atoms. The van der Waals surface area contributed by atoms with Crippen LogP contribution in [0.3, 0.4) is 0 Å². The van der Waals surface area contributed by atoms with E-state index in [9.17, 15) is 5.11 Å². The first-order valence-electron chi connectivity index (χ1n) is 7.20. The number of aromatic amines is 1. The molecular formula is C18H18N2O2. The summed E-state index contributed by atoms with van der Waals surface area (Å²) in [6.45, 7) is 0.665. The molecule has 3 rings (SSSR count). The fraction of sp³-hybridized carbons (Fsp3) is 0.167. The summed E-state index contributed by atoms with van der Waals surface area (Å²) in [4.78, 5) is 7.67. The molecule has 22 heavy (non-hydrogen) atoms. The molecule has 0 aliphatic rings. The lowest BCUT2D eigenvalue weighted by molar-refractivity contribution is 0.412. The second kappa shape index (κ2) is 6.35. The van der Waals surface area contributed by atoms with Gasteiger partial charge < -0.3 is 14.8 Å². The number of nitrogens with zero attached hydrogens (tertiary/aromatic N) is 1. The maximum Gasteiger partial charge on any atom is 0.124 e. The van der Waals surface area contributed by atoms with E-state index in [-0.39, 0.29) is 5.75 Å². The fourth-order valence-corrected chi connectivity index (χ4v) is 2.45. The van der Waals surface area contributed by atoms with E-state index in [4.69, 9.17) is 4.74 Å². The van der Waals surface area contributed by atoms with Crippen molar-refractivity contribution in [3.8, 4) is 11.5 Å². The molecule has 1 heterocycles. The molecular weight excluding hydrogens is 276 g/mol. The Balaban J connectivity index is 1.68. The van der Waals surface area contributed by atoms with Crippen molar-refractivity contribution in [3.05, 3.63) is 59.8 Å². The average molecular weight is 294 g/mol. The van der Waals surface area contributed by atoms with Crippen LogP contribution in [0.2, 0.25) is 0 Å². The zero-order valence-corrected chi connectivity index (χ0v) is 12.4. The number of aromatic nitrogens is 1. The number of H-pyrrole nitrogens is 1. The van der Waals surface area contributed by atoms with Gasteiger partial charge in [0.15, 0.2) is 0 Å². The van der Waals surface area contributed by atoms with Gasteiger partial charge in [-0.3, -0.25) is 4.99 Å². The van der Waals surface area contributed by atoms with E-state index in [1.54, 1.807) is 31.5 Å². The summed E-state index contributed by atoms with van der Waals surface area (Å²) in [6, 6.07) is 13.3. The second-order valence-corrected chi connectivity index (χ2v) is 5.07. The lowest BCUT2D eigenvalue weighted by Gasteiger charge is -2.03. The number of fused-ring (bicyclic) bond motifs is 1. The van der Waals surface area contributed by atoms with E-state index in [0.29, 0.717) is 17.9 Å². The quantitative estimate of drug-likeness (QED) is 0.707. The normalized spacial score (nSPS) is 11.3. The monoisotopic (exact) mass is 294 g/mol. The van der Waals surface area contributed by atoms with E-state index in [1.807, 2.05) is 18.3 Å². The van der Waals surface area contributed by atoms with Gasteiger partial charge >= 0.3 is 0 Å². The standard InChI is InChI=1S/C18H18N2O2/c1-22-15-6-7-18(21)14(10-15)11-19-9-8-13-12-20-17-5-3-2-4-16(13)17/h2-7,10-12,20-21H,8-9H2,1H3. The zero-order valence-electron chi connectivity index (χ0n) is 12.4. The number of methoxy groups -OCH3 is 1. The molecule has 4 nitrogen and oxygen atoms in total. The van der Waals surface area contributed by atoms with Gasteiger partial charge in [-0.15, -0.1) is 0 Å². The van der Waals surface area contributed by atoms with Crippen molar-refractivity contribution in [1.29, 1.82) is 0 Å². The van der Waals surface area contributed by atoms with Crippen LogP contribution in [0.1, 0.15) is 11.1 Å². The van der Waals surface area contributed by atoms with Crippen molar-refractivity contribution in [2.24, 2.45) is 4.99 Å². The van der Waals surface area contributed by atoms with Crippen LogP contribution in [0.15, 0.2) is 53.7 Å². The van der Waals surface area contributed by atoms with Crippen LogP contribution in [0.25, 0.3) is 10.9 Å². The molecule has 1 aromatic heterocycles. The number of ether oxygens (including phenoxy) is 1. The average Bonchev–Trinajstić information content (AvgIpc) is 2.96. The predicted octanol–water partition coefficient (Wildman–Crippen LogP) is 3.54. The maximum atomic E-state index is 9.80. The van der Waals surface area contributed by atoms with Crippen LogP contribution >= 0.6 is 0 Å². The molecule has 0 radical (unpaired) electrons. The van der Waals surface area contributed by atoms with Gasteiger partial charge in [0.25, 0.3) is 0 Å². The van der Waals surface area contributed by atoms with Gasteiger partial charge in [-0.25, -0.2) is 0 Å². The Bertz CT molecular complexity index is 806. The third-order valence-electron chi connectivity index (χ3n) is 3.65. The van der Waals surface area contributed by atoms with Crippen LogP contribution in [-0.4, -0.2) is 30.0 Å². The predicted molar refractivity (Wildman–Crippen MR) is 89.1 cm³/mol. The highest BCUT2D eigenvalue weighted by molar-refractivity contribution is 5.84. The highest BCUT2D eigenvalue weighted by Crippen LogP contribution is 2.21. The van der Waals surface area contributed by atoms with Gasteiger partial charge in [0.05, 0.1) is 7.11 Å². The fourth-order valence-electron chi connectivity index (χ4n) is 2.45. The van der Waals surface area contributed by atoms with E-state index in [2.05, 4.69) is 22.1 Å². The lowest BCUT2D eigenvalue weighted by atomic mass is 10.1. The van der Waals surface area contributed by atoms with Crippen molar-refractivity contribution in [1.82, 2.24) is 4.98 Å². The van der Waals surface area contributed by atoms with Gasteiger partial charge in [-0.2, -0.15) is 0 Å². The minimum absolute atomic E-state index is 0.205. The lowest BCUT2D eigenvalue weighted by Crippen LogP contribution is -1.91. The molecule has 0 amide bonds. The number of aromatic hydroxyl groups is 1. The van der Waals surface area contributed by atoms with Crippen LogP contribution in [0.4, 0.5) is 0 Å². The SMILES string of the molecule is COc1ccc(O)c(C=NCCc2c[nH]c3ccccc23)c1. The van der Waals surface area contributed by atoms with Gasteiger partial charge in [0, 0.05) is 35.4 Å². The van der Waals surface area contributed by atoms with Gasteiger partial charge in [0.2, 0.25) is 0 Å². The summed E-state index contributed by atoms with van der Waals surface area (Å²) in [5, 5.41) is 11.0. The first-order chi connectivity index (χ1) is 10.8. The minimum atomic E-state index is 0.205. The number of rotatable bonds is 5. The Morgan fingerprint density at radius 2 is 2.09 bits per heavy atom. The van der Waals surface area contributed by atoms with Crippen molar-refractivity contribution in [2.75, 3.05) is 13.7 Å². The number of aliphatic imine (C=N–C) groups is 1. The molecule has 2 aromatic carbocycles. The molecule has 0 aliphatic heterocycles. The first-order valence-corrected chi connectivity index (χ1v) is 7.20. The minimum Gasteiger partial charge on any atom is -0.507 e. The molecule has 0 unspecified atom stereocenters. The van der Waals surface area contributed by atoms with Crippen molar-refractivity contribution >= 4 is 17.1 Å². The van der Waals surface area contributed by atoms with E-state index >= 15 is 0 Å². The third-order valence-corrected chi connectivity index (χ3v) is 3.65. The highest BCUT2D eigenvalue weighted by Gasteiger charge is 2.02. The van der Waals surface area contributed by atoms with E-state index in [1.165, 1.54) is 10.9 Å². The molecule has 2 N–H and O–H groups in total. The molecule has 3 aromatic rings. The van der Waals surface area contributed by atoms with Gasteiger partial charge in [-0.1, -0.05) is 18.2 Å². The van der Waals surface area contributed by atoms with Crippen molar-refractivity contribution < 1.29 is 9.84 Å². The molecule has 0 saturated carbocycles. The summed E-state index contributed by atoms with van der Waals surface area (Å²) in [5.74, 6) is 0.910. The highest BCUT2D eigenvalue weighted by atomic mass is 16.5.